The van der Waals surface area contributed by atoms with Crippen LogP contribution in [0.15, 0.2) is 12.4 Å². The van der Waals surface area contributed by atoms with Gasteiger partial charge in [0.05, 0.1) is 0 Å². The second-order valence-corrected chi connectivity index (χ2v) is 4.13. The van der Waals surface area contributed by atoms with Crippen LogP contribution in [-0.2, 0) is 11.3 Å². The van der Waals surface area contributed by atoms with Gasteiger partial charge in [-0.1, -0.05) is 13.8 Å². The first kappa shape index (κ1) is 12.9. The highest BCUT2D eigenvalue weighted by molar-refractivity contribution is 5.92. The predicted octanol–water partition coefficient (Wildman–Crippen LogP) is 2.15. The van der Waals surface area contributed by atoms with E-state index in [2.05, 4.69) is 11.9 Å². The van der Waals surface area contributed by atoms with Crippen molar-refractivity contribution in [1.29, 1.82) is 0 Å². The molecule has 0 saturated carbocycles. The molecule has 0 aromatic carbocycles. The van der Waals surface area contributed by atoms with E-state index in [4.69, 9.17) is 4.74 Å². The minimum Gasteiger partial charge on any atom is -0.384 e. The zero-order chi connectivity index (χ0) is 12.0. The molecule has 0 spiro atoms. The van der Waals surface area contributed by atoms with Crippen molar-refractivity contribution in [2.45, 2.75) is 33.2 Å². The van der Waals surface area contributed by atoms with Gasteiger partial charge in [0.2, 0.25) is 0 Å². The monoisotopic (exact) mass is 224 g/mol. The molecule has 0 N–H and O–H groups in total. The molecule has 0 radical (unpaired) electrons. The second kappa shape index (κ2) is 6.43. The summed E-state index contributed by atoms with van der Waals surface area (Å²) in [6.45, 7) is 5.55. The SMILES string of the molecule is CCCn1ccnc1C(=O)CC(C)COC. The van der Waals surface area contributed by atoms with E-state index >= 15 is 0 Å². The number of ketones is 1. The van der Waals surface area contributed by atoms with Gasteiger partial charge >= 0.3 is 0 Å². The van der Waals surface area contributed by atoms with Crippen LogP contribution >= 0.6 is 0 Å². The fourth-order valence-electron chi connectivity index (χ4n) is 1.73. The van der Waals surface area contributed by atoms with Crippen molar-refractivity contribution in [2.75, 3.05) is 13.7 Å². The Balaban J connectivity index is 2.61. The molecular formula is C12H20N2O2. The van der Waals surface area contributed by atoms with Crippen molar-refractivity contribution in [3.05, 3.63) is 18.2 Å². The van der Waals surface area contributed by atoms with Gasteiger partial charge in [-0.05, 0) is 12.3 Å². The number of aromatic nitrogens is 2. The second-order valence-electron chi connectivity index (χ2n) is 4.13. The van der Waals surface area contributed by atoms with E-state index in [1.54, 1.807) is 13.3 Å². The van der Waals surface area contributed by atoms with E-state index in [0.717, 1.165) is 13.0 Å². The predicted molar refractivity (Wildman–Crippen MR) is 62.5 cm³/mol. The normalized spacial score (nSPS) is 12.7. The Labute approximate surface area is 96.6 Å². The summed E-state index contributed by atoms with van der Waals surface area (Å²) in [6, 6.07) is 0. The van der Waals surface area contributed by atoms with Crippen LogP contribution in [0.4, 0.5) is 0 Å². The van der Waals surface area contributed by atoms with Gasteiger partial charge in [-0.15, -0.1) is 0 Å². The fourth-order valence-corrected chi connectivity index (χ4v) is 1.73. The number of imidazole rings is 1. The molecule has 4 heteroatoms. The Bertz CT molecular complexity index is 334. The van der Waals surface area contributed by atoms with E-state index in [-0.39, 0.29) is 11.7 Å². The molecule has 1 atom stereocenters. The number of aryl methyl sites for hydroxylation is 1. The quantitative estimate of drug-likeness (QED) is 0.666. The van der Waals surface area contributed by atoms with Crippen LogP contribution in [0.2, 0.25) is 0 Å². The average molecular weight is 224 g/mol. The highest BCUT2D eigenvalue weighted by Crippen LogP contribution is 2.09. The lowest BCUT2D eigenvalue weighted by molar-refractivity contribution is 0.0906. The maximum absolute atomic E-state index is 11.9. The molecular weight excluding hydrogens is 204 g/mol. The number of nitrogens with zero attached hydrogens (tertiary/aromatic N) is 2. The summed E-state index contributed by atoms with van der Waals surface area (Å²) >= 11 is 0. The third-order valence-electron chi connectivity index (χ3n) is 2.41. The molecule has 0 fully saturated rings. The Morgan fingerprint density at radius 1 is 1.62 bits per heavy atom. The summed E-state index contributed by atoms with van der Waals surface area (Å²) < 4.78 is 6.94. The van der Waals surface area contributed by atoms with E-state index in [9.17, 15) is 4.79 Å². The molecule has 1 heterocycles. The van der Waals surface area contributed by atoms with Crippen LogP contribution in [0.3, 0.4) is 0 Å². The first-order valence-corrected chi connectivity index (χ1v) is 5.72. The Morgan fingerprint density at radius 2 is 2.38 bits per heavy atom. The average Bonchev–Trinajstić information content (AvgIpc) is 2.66. The van der Waals surface area contributed by atoms with Gasteiger partial charge < -0.3 is 9.30 Å². The largest absolute Gasteiger partial charge is 0.384 e. The van der Waals surface area contributed by atoms with Crippen LogP contribution in [0.1, 0.15) is 37.3 Å². The van der Waals surface area contributed by atoms with Crippen LogP contribution in [0.5, 0.6) is 0 Å². The lowest BCUT2D eigenvalue weighted by atomic mass is 10.1. The number of rotatable bonds is 7. The van der Waals surface area contributed by atoms with E-state index < -0.39 is 0 Å². The summed E-state index contributed by atoms with van der Waals surface area (Å²) in [6.07, 6.45) is 5.04. The summed E-state index contributed by atoms with van der Waals surface area (Å²) in [7, 11) is 1.65. The zero-order valence-corrected chi connectivity index (χ0v) is 10.3. The number of Topliss-reactive ketones (excluding diaryl/α,β-unsaturated/α-hetero) is 1. The van der Waals surface area contributed by atoms with Gasteiger partial charge in [0.1, 0.15) is 0 Å². The smallest absolute Gasteiger partial charge is 0.198 e. The van der Waals surface area contributed by atoms with Crippen molar-refractivity contribution in [3.63, 3.8) is 0 Å². The lowest BCUT2D eigenvalue weighted by Crippen LogP contribution is -2.15. The van der Waals surface area contributed by atoms with Crippen LogP contribution in [0, 0.1) is 5.92 Å². The minimum absolute atomic E-state index is 0.100. The standard InChI is InChI=1S/C12H20N2O2/c1-4-6-14-7-5-13-12(14)11(15)8-10(2)9-16-3/h5,7,10H,4,6,8-9H2,1-3H3. The van der Waals surface area contributed by atoms with Gasteiger partial charge in [-0.25, -0.2) is 4.98 Å². The molecule has 16 heavy (non-hydrogen) atoms. The summed E-state index contributed by atoms with van der Waals surface area (Å²) in [5, 5.41) is 0. The maximum Gasteiger partial charge on any atom is 0.198 e. The first-order valence-electron chi connectivity index (χ1n) is 5.72. The summed E-state index contributed by atoms with van der Waals surface area (Å²) in [5.74, 6) is 0.914. The Kier molecular flexibility index (Phi) is 5.19. The van der Waals surface area contributed by atoms with Gasteiger partial charge in [0.15, 0.2) is 11.6 Å². The Hall–Kier alpha value is -1.16. The molecule has 0 aliphatic rings. The zero-order valence-electron chi connectivity index (χ0n) is 10.3. The molecule has 1 aromatic heterocycles. The minimum atomic E-state index is 0.100. The number of ether oxygens (including phenoxy) is 1. The van der Waals surface area contributed by atoms with Gasteiger partial charge in [-0.2, -0.15) is 0 Å². The first-order chi connectivity index (χ1) is 7.69. The van der Waals surface area contributed by atoms with Gasteiger partial charge in [0, 0.05) is 39.1 Å². The number of carbonyl (C=O) groups excluding carboxylic acids is 1. The number of methoxy groups -OCH3 is 1. The molecule has 0 aliphatic carbocycles. The molecule has 1 rings (SSSR count). The third kappa shape index (κ3) is 3.45. The lowest BCUT2D eigenvalue weighted by Gasteiger charge is -2.10. The highest BCUT2D eigenvalue weighted by atomic mass is 16.5. The molecule has 0 aliphatic heterocycles. The van der Waals surface area contributed by atoms with Crippen LogP contribution in [-0.4, -0.2) is 29.1 Å². The molecule has 90 valence electrons. The molecule has 0 bridgehead atoms. The molecule has 1 unspecified atom stereocenters. The van der Waals surface area contributed by atoms with Crippen molar-refractivity contribution in [3.8, 4) is 0 Å². The molecule has 4 nitrogen and oxygen atoms in total. The topological polar surface area (TPSA) is 44.1 Å². The van der Waals surface area contributed by atoms with Gasteiger partial charge in [-0.3, -0.25) is 4.79 Å². The fraction of sp³-hybridized carbons (Fsp3) is 0.667. The maximum atomic E-state index is 11.9. The van der Waals surface area contributed by atoms with Crippen molar-refractivity contribution in [2.24, 2.45) is 5.92 Å². The number of hydrogen-bond donors (Lipinski definition) is 0. The number of hydrogen-bond acceptors (Lipinski definition) is 3. The van der Waals surface area contributed by atoms with E-state index in [1.807, 2.05) is 17.7 Å². The Morgan fingerprint density at radius 3 is 3.00 bits per heavy atom. The van der Waals surface area contributed by atoms with Crippen LogP contribution < -0.4 is 0 Å². The van der Waals surface area contributed by atoms with Crippen molar-refractivity contribution >= 4 is 5.78 Å². The van der Waals surface area contributed by atoms with Crippen molar-refractivity contribution < 1.29 is 9.53 Å². The number of carbonyl (C=O) groups is 1. The van der Waals surface area contributed by atoms with Crippen LogP contribution in [0.25, 0.3) is 0 Å². The molecule has 0 saturated heterocycles. The van der Waals surface area contributed by atoms with E-state index in [1.165, 1.54) is 0 Å². The highest BCUT2D eigenvalue weighted by Gasteiger charge is 2.15. The summed E-state index contributed by atoms with van der Waals surface area (Å²) in [4.78, 5) is 16.1. The summed E-state index contributed by atoms with van der Waals surface area (Å²) in [5.41, 5.74) is 0. The van der Waals surface area contributed by atoms with Gasteiger partial charge in [0.25, 0.3) is 0 Å². The molecule has 1 aromatic rings. The van der Waals surface area contributed by atoms with Crippen molar-refractivity contribution in [1.82, 2.24) is 9.55 Å². The molecule has 0 amide bonds. The van der Waals surface area contributed by atoms with E-state index in [0.29, 0.717) is 18.9 Å². The third-order valence-corrected chi connectivity index (χ3v) is 2.41.